The molecule has 3 rings (SSSR count). The maximum atomic E-state index is 12.5. The average molecular weight is 433 g/mol. The zero-order valence-electron chi connectivity index (χ0n) is 15.3. The van der Waals surface area contributed by atoms with Crippen LogP contribution >= 0.6 is 23.8 Å². The molecular formula is C19H17ClN4O4S. The normalized spacial score (nSPS) is 10.4. The van der Waals surface area contributed by atoms with Crippen molar-refractivity contribution in [3.05, 3.63) is 58.3 Å². The van der Waals surface area contributed by atoms with Crippen molar-refractivity contribution in [2.45, 2.75) is 6.54 Å². The van der Waals surface area contributed by atoms with Crippen LogP contribution in [0.1, 0.15) is 0 Å². The number of benzene rings is 2. The van der Waals surface area contributed by atoms with E-state index in [1.54, 1.807) is 53.1 Å². The molecular weight excluding hydrogens is 416 g/mol. The zero-order chi connectivity index (χ0) is 20.8. The van der Waals surface area contributed by atoms with Gasteiger partial charge < -0.3 is 14.8 Å². The maximum Gasteiger partial charge on any atom is 0.343 e. The minimum Gasteiger partial charge on any atom is -0.482 e. The molecule has 1 aromatic heterocycles. The van der Waals surface area contributed by atoms with Crippen molar-refractivity contribution in [3.63, 3.8) is 0 Å². The van der Waals surface area contributed by atoms with Crippen LogP contribution in [0.5, 0.6) is 5.75 Å². The molecule has 2 N–H and O–H groups in total. The highest BCUT2D eigenvalue weighted by Crippen LogP contribution is 2.21. The summed E-state index contributed by atoms with van der Waals surface area (Å²) in [6, 6.07) is 13.7. The number of aromatic amines is 1. The molecule has 0 bridgehead atoms. The maximum absolute atomic E-state index is 12.5. The lowest BCUT2D eigenvalue weighted by atomic mass is 10.2. The van der Waals surface area contributed by atoms with Crippen molar-refractivity contribution in [2.75, 3.05) is 19.0 Å². The van der Waals surface area contributed by atoms with Crippen molar-refractivity contribution < 1.29 is 19.1 Å². The van der Waals surface area contributed by atoms with Gasteiger partial charge in [0.15, 0.2) is 17.2 Å². The molecule has 29 heavy (non-hydrogen) atoms. The molecule has 3 aromatic rings. The summed E-state index contributed by atoms with van der Waals surface area (Å²) in [5.74, 6) is 0.151. The fourth-order valence-corrected chi connectivity index (χ4v) is 2.82. The molecule has 0 aliphatic carbocycles. The summed E-state index contributed by atoms with van der Waals surface area (Å²) in [6.45, 7) is -0.261. The van der Waals surface area contributed by atoms with E-state index in [9.17, 15) is 9.59 Å². The quantitative estimate of drug-likeness (QED) is 0.438. The van der Waals surface area contributed by atoms with Gasteiger partial charge in [0.05, 0.1) is 7.11 Å². The monoisotopic (exact) mass is 432 g/mol. The van der Waals surface area contributed by atoms with E-state index in [1.165, 1.54) is 7.11 Å². The summed E-state index contributed by atoms with van der Waals surface area (Å²) in [5, 5.41) is 10.3. The first-order valence-corrected chi connectivity index (χ1v) is 9.25. The number of ether oxygens (including phenoxy) is 2. The molecule has 0 saturated heterocycles. The van der Waals surface area contributed by atoms with Crippen LogP contribution in [0.3, 0.4) is 0 Å². The Labute approximate surface area is 176 Å². The minimum absolute atomic E-state index is 0.0411. The highest BCUT2D eigenvalue weighted by atomic mass is 35.5. The molecule has 0 aliphatic heterocycles. The number of aromatic nitrogens is 3. The number of H-pyrrole nitrogens is 1. The third-order valence-electron chi connectivity index (χ3n) is 3.86. The Hall–Kier alpha value is -3.17. The Bertz CT molecular complexity index is 1080. The van der Waals surface area contributed by atoms with Crippen molar-refractivity contribution in [1.82, 2.24) is 14.8 Å². The van der Waals surface area contributed by atoms with Gasteiger partial charge in [0.2, 0.25) is 5.91 Å². The lowest BCUT2D eigenvalue weighted by molar-refractivity contribution is -0.142. The van der Waals surface area contributed by atoms with Crippen molar-refractivity contribution >= 4 is 41.4 Å². The Morgan fingerprint density at radius 1 is 1.24 bits per heavy atom. The minimum atomic E-state index is -0.497. The zero-order valence-corrected chi connectivity index (χ0v) is 16.9. The second-order valence-corrected chi connectivity index (χ2v) is 6.71. The molecule has 10 heteroatoms. The average Bonchev–Trinajstić information content (AvgIpc) is 3.07. The Morgan fingerprint density at radius 3 is 2.72 bits per heavy atom. The first kappa shape index (κ1) is 20.6. The topological polar surface area (TPSA) is 98.2 Å². The van der Waals surface area contributed by atoms with Gasteiger partial charge in [0.25, 0.3) is 0 Å². The van der Waals surface area contributed by atoms with Gasteiger partial charge in [0.1, 0.15) is 12.3 Å². The van der Waals surface area contributed by atoms with E-state index in [-0.39, 0.29) is 19.1 Å². The van der Waals surface area contributed by atoms with Gasteiger partial charge in [-0.15, -0.1) is 0 Å². The third kappa shape index (κ3) is 5.43. The van der Waals surface area contributed by atoms with Gasteiger partial charge >= 0.3 is 5.97 Å². The number of hydrogen-bond acceptors (Lipinski definition) is 6. The van der Waals surface area contributed by atoms with Crippen LogP contribution in [-0.2, 0) is 20.9 Å². The fraction of sp³-hybridized carbons (Fsp3) is 0.158. The van der Waals surface area contributed by atoms with Gasteiger partial charge in [0, 0.05) is 22.3 Å². The van der Waals surface area contributed by atoms with Crippen LogP contribution in [0.2, 0.25) is 5.02 Å². The summed E-state index contributed by atoms with van der Waals surface area (Å²) < 4.78 is 11.8. The summed E-state index contributed by atoms with van der Waals surface area (Å²) in [5.41, 5.74) is 1.29. The number of anilines is 1. The number of methoxy groups -OCH3 is 1. The number of rotatable bonds is 7. The highest BCUT2D eigenvalue weighted by molar-refractivity contribution is 7.71. The van der Waals surface area contributed by atoms with Gasteiger partial charge in [-0.05, 0) is 48.6 Å². The molecule has 0 atom stereocenters. The second-order valence-electron chi connectivity index (χ2n) is 5.89. The predicted molar refractivity (Wildman–Crippen MR) is 110 cm³/mol. The molecule has 8 nitrogen and oxygen atoms in total. The molecule has 150 valence electrons. The standard InChI is InChI=1S/C19H17ClN4O4S/c1-27-17(26)11-28-15-4-2-3-14(9-15)21-16(25)10-24-18(22-23-19(24)29)12-5-7-13(20)8-6-12/h2-9H,10-11H2,1H3,(H,21,25)(H,23,29). The molecule has 0 unspecified atom stereocenters. The van der Waals surface area contributed by atoms with E-state index < -0.39 is 5.97 Å². The molecule has 0 radical (unpaired) electrons. The smallest absolute Gasteiger partial charge is 0.343 e. The van der Waals surface area contributed by atoms with E-state index in [2.05, 4.69) is 20.3 Å². The molecule has 0 fully saturated rings. The van der Waals surface area contributed by atoms with E-state index in [0.717, 1.165) is 5.56 Å². The van der Waals surface area contributed by atoms with Crippen molar-refractivity contribution in [1.29, 1.82) is 0 Å². The van der Waals surface area contributed by atoms with Crippen LogP contribution in [0.15, 0.2) is 48.5 Å². The van der Waals surface area contributed by atoms with Crippen LogP contribution in [0.25, 0.3) is 11.4 Å². The molecule has 0 aliphatic rings. The first-order valence-electron chi connectivity index (χ1n) is 8.47. The molecule has 1 heterocycles. The third-order valence-corrected chi connectivity index (χ3v) is 4.43. The van der Waals surface area contributed by atoms with Crippen LogP contribution in [0, 0.1) is 4.77 Å². The van der Waals surface area contributed by atoms with Gasteiger partial charge in [-0.3, -0.25) is 14.5 Å². The number of esters is 1. The number of carbonyl (C=O) groups is 2. The summed E-state index contributed by atoms with van der Waals surface area (Å²) in [7, 11) is 1.28. The van der Waals surface area contributed by atoms with Crippen molar-refractivity contribution in [2.24, 2.45) is 0 Å². The molecule has 0 saturated carbocycles. The fourth-order valence-electron chi connectivity index (χ4n) is 2.49. The van der Waals surface area contributed by atoms with E-state index in [4.69, 9.17) is 28.6 Å². The number of amides is 1. The van der Waals surface area contributed by atoms with E-state index in [1.807, 2.05) is 0 Å². The van der Waals surface area contributed by atoms with Crippen LogP contribution < -0.4 is 10.1 Å². The second kappa shape index (κ2) is 9.35. The number of nitrogens with zero attached hydrogens (tertiary/aromatic N) is 2. The van der Waals surface area contributed by atoms with Gasteiger partial charge in [-0.2, -0.15) is 5.10 Å². The summed E-state index contributed by atoms with van der Waals surface area (Å²) in [4.78, 5) is 23.7. The number of carbonyl (C=O) groups excluding carboxylic acids is 2. The molecule has 0 spiro atoms. The number of halogens is 1. The van der Waals surface area contributed by atoms with Gasteiger partial charge in [-0.25, -0.2) is 4.79 Å². The number of hydrogen-bond donors (Lipinski definition) is 2. The van der Waals surface area contributed by atoms with E-state index >= 15 is 0 Å². The Morgan fingerprint density at radius 2 is 2.00 bits per heavy atom. The summed E-state index contributed by atoms with van der Waals surface area (Å²) in [6.07, 6.45) is 0. The van der Waals surface area contributed by atoms with Crippen LogP contribution in [-0.4, -0.2) is 40.4 Å². The van der Waals surface area contributed by atoms with Crippen molar-refractivity contribution in [3.8, 4) is 17.1 Å². The van der Waals surface area contributed by atoms with E-state index in [0.29, 0.717) is 27.1 Å². The summed E-state index contributed by atoms with van der Waals surface area (Å²) >= 11 is 11.2. The Balaban J connectivity index is 1.70. The lowest BCUT2D eigenvalue weighted by Gasteiger charge is -2.10. The SMILES string of the molecule is COC(=O)COc1cccc(NC(=O)Cn2c(-c3ccc(Cl)cc3)n[nH]c2=S)c1. The Kier molecular flexibility index (Phi) is 6.63. The van der Waals surface area contributed by atoms with Gasteiger partial charge in [-0.1, -0.05) is 17.7 Å². The lowest BCUT2D eigenvalue weighted by Crippen LogP contribution is -2.19. The largest absolute Gasteiger partial charge is 0.482 e. The highest BCUT2D eigenvalue weighted by Gasteiger charge is 2.13. The van der Waals surface area contributed by atoms with Crippen LogP contribution in [0.4, 0.5) is 5.69 Å². The predicted octanol–water partition coefficient (Wildman–Crippen LogP) is 3.45. The molecule has 2 aromatic carbocycles. The molecule has 1 amide bonds. The number of nitrogens with one attached hydrogen (secondary N) is 2. The first-order chi connectivity index (χ1) is 14.0.